The molecule has 0 aliphatic heterocycles. The van der Waals surface area contributed by atoms with E-state index in [1.54, 1.807) is 45.9 Å². The number of aliphatic carboxylic acids is 2. The molecule has 0 bridgehead atoms. The summed E-state index contributed by atoms with van der Waals surface area (Å²) in [7, 11) is 0. The Morgan fingerprint density at radius 1 is 0.750 bits per heavy atom. The van der Waals surface area contributed by atoms with Crippen LogP contribution in [0.1, 0.15) is 36.4 Å². The Hall–Kier alpha value is -6.11. The third-order valence-corrected chi connectivity index (χ3v) is 9.55. The fourth-order valence-corrected chi connectivity index (χ4v) is 6.12. The number of rotatable bonds is 16. The first kappa shape index (κ1) is 46.6. The summed E-state index contributed by atoms with van der Waals surface area (Å²) in [6.45, 7) is 6.65. The van der Waals surface area contributed by atoms with Gasteiger partial charge in [-0.05, 0) is 78.2 Å². The number of carbonyl (C=O) groups is 3. The lowest BCUT2D eigenvalue weighted by atomic mass is 10.0. The van der Waals surface area contributed by atoms with Gasteiger partial charge in [-0.15, -0.1) is 0 Å². The van der Waals surface area contributed by atoms with Crippen molar-refractivity contribution in [1.29, 1.82) is 0 Å². The fourth-order valence-electron chi connectivity index (χ4n) is 6.12. The van der Waals surface area contributed by atoms with Crippen LogP contribution in [0, 0.1) is 17.5 Å². The summed E-state index contributed by atoms with van der Waals surface area (Å²) < 4.78 is 82.1. The number of hydrogen-bond donors (Lipinski definition) is 4. The van der Waals surface area contributed by atoms with E-state index in [9.17, 15) is 45.5 Å². The maximum atomic E-state index is 14.1. The standard InChI is InChI=1S/C38H36F6N4O2.C4H6O6/c1-3-46(4-2)19-20-47(23-25-9-12-27(13-10-25)28-14-16-29(17-15-28)38(42,43)44)35(49)24-48-33-8-6-5-7-30(33)37(50)45-34(48)18-11-26-21-31(39)36(41)32(40)22-26;5-1(3(7)8)2(6)4(9)10/h5-10,12-17,21-22H,3-4,11,18-20,23-24H2,1-2H3;1-2,5-6H,(H,7,8)(H,9,10). The number of likely N-dealkylation sites (N-methyl/N-ethyl adjacent to an activating group) is 1. The number of nitrogens with zero attached hydrogens (tertiary/aromatic N) is 4. The van der Waals surface area contributed by atoms with Crippen LogP contribution in [0.5, 0.6) is 0 Å². The monoisotopic (exact) mass is 844 g/mol. The topological polar surface area (TPSA) is 174 Å². The number of amides is 1. The average Bonchev–Trinajstić information content (AvgIpc) is 3.22. The first-order valence-electron chi connectivity index (χ1n) is 18.5. The molecule has 5 aromatic rings. The molecule has 1 aromatic heterocycles. The maximum absolute atomic E-state index is 14.1. The Balaban J connectivity index is 0.000000703. The molecule has 0 saturated heterocycles. The maximum Gasteiger partial charge on any atom is 0.416 e. The van der Waals surface area contributed by atoms with Crippen LogP contribution in [0.15, 0.2) is 89.7 Å². The van der Waals surface area contributed by atoms with E-state index in [1.165, 1.54) is 12.1 Å². The molecule has 0 aliphatic rings. The molecule has 18 heteroatoms. The number of carboxylic acid groups (broad SMARTS) is 2. The zero-order valence-corrected chi connectivity index (χ0v) is 32.4. The van der Waals surface area contributed by atoms with E-state index in [2.05, 4.69) is 9.88 Å². The molecule has 60 heavy (non-hydrogen) atoms. The van der Waals surface area contributed by atoms with Gasteiger partial charge in [-0.2, -0.15) is 18.2 Å². The van der Waals surface area contributed by atoms with Crippen LogP contribution in [-0.4, -0.2) is 96.0 Å². The van der Waals surface area contributed by atoms with E-state index < -0.39 is 58.9 Å². The number of fused-ring (bicyclic) bond motifs is 1. The number of aliphatic hydroxyl groups excluding tert-OH is 2. The van der Waals surface area contributed by atoms with Crippen LogP contribution in [0.4, 0.5) is 26.3 Å². The number of hydrogen-bond acceptors (Lipinski definition) is 8. The van der Waals surface area contributed by atoms with Crippen molar-refractivity contribution in [1.82, 2.24) is 19.4 Å². The first-order valence-corrected chi connectivity index (χ1v) is 18.5. The summed E-state index contributed by atoms with van der Waals surface area (Å²) >= 11 is 0. The summed E-state index contributed by atoms with van der Waals surface area (Å²) in [4.78, 5) is 54.8. The van der Waals surface area contributed by atoms with Gasteiger partial charge in [-0.25, -0.2) is 22.8 Å². The molecular weight excluding hydrogens is 802 g/mol. The first-order chi connectivity index (χ1) is 28.3. The highest BCUT2D eigenvalue weighted by Crippen LogP contribution is 2.31. The highest BCUT2D eigenvalue weighted by atomic mass is 19.4. The van der Waals surface area contributed by atoms with Crippen molar-refractivity contribution in [3.8, 4) is 11.1 Å². The van der Waals surface area contributed by atoms with Gasteiger partial charge in [-0.3, -0.25) is 9.59 Å². The van der Waals surface area contributed by atoms with Gasteiger partial charge in [-0.1, -0.05) is 62.4 Å². The van der Waals surface area contributed by atoms with Gasteiger partial charge in [0, 0.05) is 26.1 Å². The van der Waals surface area contributed by atoms with E-state index in [4.69, 9.17) is 20.4 Å². The molecule has 1 heterocycles. The zero-order valence-electron chi connectivity index (χ0n) is 32.4. The Kier molecular flexibility index (Phi) is 16.1. The predicted octanol–water partition coefficient (Wildman–Crippen LogP) is 5.53. The van der Waals surface area contributed by atoms with Crippen LogP contribution in [0.25, 0.3) is 22.0 Å². The molecule has 4 N–H and O–H groups in total. The molecule has 4 aromatic carbocycles. The quantitative estimate of drug-likeness (QED) is 0.0731. The van der Waals surface area contributed by atoms with Crippen LogP contribution in [0.3, 0.4) is 0 Å². The number of aryl methyl sites for hydroxylation is 2. The van der Waals surface area contributed by atoms with E-state index in [1.807, 2.05) is 26.0 Å². The summed E-state index contributed by atoms with van der Waals surface area (Å²) in [5.74, 6) is -7.79. The lowest BCUT2D eigenvalue weighted by Gasteiger charge is -2.28. The van der Waals surface area contributed by atoms with Crippen LogP contribution in [-0.2, 0) is 46.5 Å². The third-order valence-electron chi connectivity index (χ3n) is 9.55. The molecule has 5 rings (SSSR count). The lowest BCUT2D eigenvalue weighted by Crippen LogP contribution is -2.40. The molecule has 0 saturated carbocycles. The Morgan fingerprint density at radius 3 is 1.80 bits per heavy atom. The Labute approximate surface area is 339 Å². The minimum Gasteiger partial charge on any atom is -0.479 e. The van der Waals surface area contributed by atoms with Crippen molar-refractivity contribution in [2.24, 2.45) is 0 Å². The smallest absolute Gasteiger partial charge is 0.416 e. The van der Waals surface area contributed by atoms with Crippen molar-refractivity contribution >= 4 is 28.7 Å². The van der Waals surface area contributed by atoms with Gasteiger partial charge in [0.2, 0.25) is 5.91 Å². The Morgan fingerprint density at radius 2 is 1.28 bits per heavy atom. The highest BCUT2D eigenvalue weighted by molar-refractivity contribution is 5.83. The van der Waals surface area contributed by atoms with Crippen LogP contribution in [0.2, 0.25) is 0 Å². The number of benzene rings is 4. The number of halogens is 6. The number of carboxylic acids is 2. The summed E-state index contributed by atoms with van der Waals surface area (Å²) in [6, 6.07) is 20.7. The molecule has 12 nitrogen and oxygen atoms in total. The van der Waals surface area contributed by atoms with Gasteiger partial charge in [0.15, 0.2) is 29.7 Å². The van der Waals surface area contributed by atoms with E-state index >= 15 is 0 Å². The largest absolute Gasteiger partial charge is 0.479 e. The van der Waals surface area contributed by atoms with Gasteiger partial charge in [0.1, 0.15) is 12.4 Å². The molecule has 320 valence electrons. The second-order valence-corrected chi connectivity index (χ2v) is 13.5. The van der Waals surface area contributed by atoms with Crippen molar-refractivity contribution in [3.63, 3.8) is 0 Å². The molecule has 2 unspecified atom stereocenters. The van der Waals surface area contributed by atoms with Crippen LogP contribution < -0.4 is 5.56 Å². The third kappa shape index (κ3) is 12.2. The SMILES string of the molecule is CCN(CC)CCN(Cc1ccc(-c2ccc(C(F)(F)F)cc2)cc1)C(=O)Cn1c(CCc2cc(F)c(F)c(F)c2)nc(=O)c2ccccc21.O=C(O)C(O)C(O)C(=O)O. The van der Waals surface area contributed by atoms with E-state index in [0.717, 1.165) is 48.5 Å². The average molecular weight is 845 g/mol. The van der Waals surface area contributed by atoms with Crippen molar-refractivity contribution in [3.05, 3.63) is 135 Å². The minimum absolute atomic E-state index is 0.0318. The molecular formula is C42H42F6N4O8. The molecule has 0 radical (unpaired) electrons. The fraction of sp³-hybridized carbons (Fsp3) is 0.310. The van der Waals surface area contributed by atoms with Crippen molar-refractivity contribution in [2.45, 2.75) is 58.2 Å². The molecule has 0 spiro atoms. The van der Waals surface area contributed by atoms with Crippen LogP contribution >= 0.6 is 0 Å². The zero-order chi connectivity index (χ0) is 44.3. The molecule has 0 fully saturated rings. The Bertz CT molecular complexity index is 2290. The lowest BCUT2D eigenvalue weighted by molar-refractivity contribution is -0.165. The van der Waals surface area contributed by atoms with Gasteiger partial charge < -0.3 is 34.8 Å². The molecule has 2 atom stereocenters. The summed E-state index contributed by atoms with van der Waals surface area (Å²) in [5.41, 5.74) is 1.54. The molecule has 1 amide bonds. The normalized spacial score (nSPS) is 12.4. The van der Waals surface area contributed by atoms with E-state index in [-0.39, 0.29) is 43.2 Å². The van der Waals surface area contributed by atoms with E-state index in [0.29, 0.717) is 29.6 Å². The number of para-hydroxylation sites is 1. The minimum atomic E-state index is -4.43. The second kappa shape index (κ2) is 20.7. The van der Waals surface area contributed by atoms with Crippen molar-refractivity contribution in [2.75, 3.05) is 26.2 Å². The molecule has 0 aliphatic carbocycles. The van der Waals surface area contributed by atoms with Gasteiger partial charge in [0.05, 0.1) is 16.5 Å². The van der Waals surface area contributed by atoms with Gasteiger partial charge in [0.25, 0.3) is 5.56 Å². The number of aliphatic hydroxyl groups is 2. The van der Waals surface area contributed by atoms with Crippen molar-refractivity contribution < 1.29 is 61.2 Å². The highest BCUT2D eigenvalue weighted by Gasteiger charge is 2.30. The number of carbonyl (C=O) groups excluding carboxylic acids is 1. The number of alkyl halides is 3. The summed E-state index contributed by atoms with van der Waals surface area (Å²) in [6.07, 6.45) is -8.88. The second-order valence-electron chi connectivity index (χ2n) is 13.5. The predicted molar refractivity (Wildman–Crippen MR) is 207 cm³/mol. The summed E-state index contributed by atoms with van der Waals surface area (Å²) in [5, 5.41) is 32.8. The van der Waals surface area contributed by atoms with Gasteiger partial charge >= 0.3 is 18.1 Å². The number of aromatic nitrogens is 2.